The van der Waals surface area contributed by atoms with Gasteiger partial charge in [0.25, 0.3) is 0 Å². The van der Waals surface area contributed by atoms with Crippen LogP contribution in [0, 0.1) is 0 Å². The molecule has 1 fully saturated rings. The van der Waals surface area contributed by atoms with E-state index in [9.17, 15) is 0 Å². The highest BCUT2D eigenvalue weighted by Crippen LogP contribution is 2.29. The van der Waals surface area contributed by atoms with Gasteiger partial charge < -0.3 is 9.73 Å². The molecule has 1 unspecified atom stereocenters. The van der Waals surface area contributed by atoms with Crippen molar-refractivity contribution in [3.8, 4) is 0 Å². The Kier molecular flexibility index (Phi) is 3.09. The minimum absolute atomic E-state index is 0.149. The topological polar surface area (TPSA) is 38.1 Å². The SMILES string of the molecule is CC(C)(C)c1ccc2oc(C3CCCCN3)nc2c1. The molecule has 1 aromatic heterocycles. The number of aromatic nitrogens is 1. The summed E-state index contributed by atoms with van der Waals surface area (Å²) in [6.45, 7) is 7.73. The molecule has 0 radical (unpaired) electrons. The zero-order valence-electron chi connectivity index (χ0n) is 12.0. The summed E-state index contributed by atoms with van der Waals surface area (Å²) in [6.07, 6.45) is 3.63. The van der Waals surface area contributed by atoms with E-state index in [0.29, 0.717) is 6.04 Å². The molecule has 3 rings (SSSR count). The van der Waals surface area contributed by atoms with Crippen molar-refractivity contribution in [1.82, 2.24) is 10.3 Å². The molecule has 2 aromatic rings. The van der Waals surface area contributed by atoms with Crippen LogP contribution in [0.5, 0.6) is 0 Å². The molecule has 1 atom stereocenters. The lowest BCUT2D eigenvalue weighted by atomic mass is 9.87. The summed E-state index contributed by atoms with van der Waals surface area (Å²) in [7, 11) is 0. The third-order valence-electron chi connectivity index (χ3n) is 3.88. The predicted molar refractivity (Wildman–Crippen MR) is 77.3 cm³/mol. The van der Waals surface area contributed by atoms with E-state index < -0.39 is 0 Å². The zero-order chi connectivity index (χ0) is 13.5. The van der Waals surface area contributed by atoms with E-state index in [2.05, 4.69) is 49.3 Å². The second-order valence-electron chi connectivity index (χ2n) is 6.49. The fraction of sp³-hybridized carbons (Fsp3) is 0.562. The Morgan fingerprint density at radius 3 is 2.79 bits per heavy atom. The van der Waals surface area contributed by atoms with Crippen LogP contribution in [0.3, 0.4) is 0 Å². The van der Waals surface area contributed by atoms with E-state index in [1.165, 1.54) is 18.4 Å². The number of piperidine rings is 1. The molecule has 2 heterocycles. The summed E-state index contributed by atoms with van der Waals surface area (Å²) in [5.74, 6) is 0.848. The monoisotopic (exact) mass is 258 g/mol. The minimum Gasteiger partial charge on any atom is -0.439 e. The molecule has 1 N–H and O–H groups in total. The van der Waals surface area contributed by atoms with Crippen molar-refractivity contribution >= 4 is 11.1 Å². The quantitative estimate of drug-likeness (QED) is 0.842. The number of nitrogens with one attached hydrogen (secondary N) is 1. The third kappa shape index (κ3) is 2.52. The van der Waals surface area contributed by atoms with Crippen LogP contribution in [-0.4, -0.2) is 11.5 Å². The van der Waals surface area contributed by atoms with Gasteiger partial charge in [-0.1, -0.05) is 33.3 Å². The number of benzene rings is 1. The molecule has 3 heteroatoms. The van der Waals surface area contributed by atoms with Gasteiger partial charge in [0.1, 0.15) is 5.52 Å². The molecular formula is C16H22N2O. The zero-order valence-corrected chi connectivity index (χ0v) is 12.0. The fourth-order valence-corrected chi connectivity index (χ4v) is 2.62. The van der Waals surface area contributed by atoms with Crippen molar-refractivity contribution in [2.45, 2.75) is 51.5 Å². The summed E-state index contributed by atoms with van der Waals surface area (Å²) in [4.78, 5) is 4.68. The first kappa shape index (κ1) is 12.7. The number of nitrogens with zero attached hydrogens (tertiary/aromatic N) is 1. The predicted octanol–water partition coefficient (Wildman–Crippen LogP) is 3.94. The van der Waals surface area contributed by atoms with Gasteiger partial charge in [0.05, 0.1) is 6.04 Å². The molecule has 0 amide bonds. The van der Waals surface area contributed by atoms with E-state index >= 15 is 0 Å². The molecule has 0 saturated carbocycles. The van der Waals surface area contributed by atoms with Crippen molar-refractivity contribution in [2.75, 3.05) is 6.54 Å². The summed E-state index contributed by atoms with van der Waals surface area (Å²) in [5, 5.41) is 3.48. The lowest BCUT2D eigenvalue weighted by Gasteiger charge is -2.19. The van der Waals surface area contributed by atoms with Crippen molar-refractivity contribution in [3.63, 3.8) is 0 Å². The normalized spacial score (nSPS) is 20.9. The Bertz CT molecular complexity index is 574. The summed E-state index contributed by atoms with van der Waals surface area (Å²) in [6, 6.07) is 6.64. The van der Waals surface area contributed by atoms with Gasteiger partial charge in [-0.15, -0.1) is 0 Å². The molecule has 3 nitrogen and oxygen atoms in total. The van der Waals surface area contributed by atoms with Gasteiger partial charge in [0, 0.05) is 0 Å². The van der Waals surface area contributed by atoms with E-state index in [4.69, 9.17) is 4.42 Å². The van der Waals surface area contributed by atoms with Crippen LogP contribution in [0.4, 0.5) is 0 Å². The standard InChI is InChI=1S/C16H22N2O/c1-16(2,3)11-7-8-14-13(10-11)18-15(19-14)12-6-4-5-9-17-12/h7-8,10,12,17H,4-6,9H2,1-3H3. The van der Waals surface area contributed by atoms with Crippen LogP contribution in [0.1, 0.15) is 57.5 Å². The number of oxazole rings is 1. The second kappa shape index (κ2) is 4.64. The van der Waals surface area contributed by atoms with Crippen LogP contribution in [0.15, 0.2) is 22.6 Å². The summed E-state index contributed by atoms with van der Waals surface area (Å²) in [5.41, 5.74) is 3.33. The van der Waals surface area contributed by atoms with Crippen LogP contribution in [0.25, 0.3) is 11.1 Å². The first-order valence-corrected chi connectivity index (χ1v) is 7.18. The maximum absolute atomic E-state index is 5.90. The van der Waals surface area contributed by atoms with Crippen molar-refractivity contribution < 1.29 is 4.42 Å². The van der Waals surface area contributed by atoms with Crippen molar-refractivity contribution in [3.05, 3.63) is 29.7 Å². The molecule has 102 valence electrons. The Hall–Kier alpha value is -1.35. The first-order valence-electron chi connectivity index (χ1n) is 7.18. The first-order chi connectivity index (χ1) is 9.04. The van der Waals surface area contributed by atoms with Gasteiger partial charge in [-0.3, -0.25) is 0 Å². The molecular weight excluding hydrogens is 236 g/mol. The molecule has 1 aliphatic rings. The smallest absolute Gasteiger partial charge is 0.212 e. The fourth-order valence-electron chi connectivity index (χ4n) is 2.62. The summed E-state index contributed by atoms with van der Waals surface area (Å²) < 4.78 is 5.90. The lowest BCUT2D eigenvalue weighted by Crippen LogP contribution is -2.26. The van der Waals surface area contributed by atoms with Crippen LogP contribution in [0.2, 0.25) is 0 Å². The van der Waals surface area contributed by atoms with Gasteiger partial charge in [-0.05, 0) is 42.5 Å². The highest BCUT2D eigenvalue weighted by atomic mass is 16.3. The van der Waals surface area contributed by atoms with Gasteiger partial charge in [-0.2, -0.15) is 0 Å². The Morgan fingerprint density at radius 1 is 1.26 bits per heavy atom. The molecule has 0 spiro atoms. The van der Waals surface area contributed by atoms with Crippen LogP contribution < -0.4 is 5.32 Å². The second-order valence-corrected chi connectivity index (χ2v) is 6.49. The minimum atomic E-state index is 0.149. The van der Waals surface area contributed by atoms with E-state index in [-0.39, 0.29) is 5.41 Å². The average Bonchev–Trinajstić information content (AvgIpc) is 2.81. The largest absolute Gasteiger partial charge is 0.439 e. The van der Waals surface area contributed by atoms with Gasteiger partial charge >= 0.3 is 0 Å². The lowest BCUT2D eigenvalue weighted by molar-refractivity contribution is 0.347. The number of hydrogen-bond acceptors (Lipinski definition) is 3. The third-order valence-corrected chi connectivity index (χ3v) is 3.88. The maximum Gasteiger partial charge on any atom is 0.212 e. The Morgan fingerprint density at radius 2 is 2.11 bits per heavy atom. The Balaban J connectivity index is 1.96. The number of rotatable bonds is 1. The number of fused-ring (bicyclic) bond motifs is 1. The van der Waals surface area contributed by atoms with Crippen LogP contribution >= 0.6 is 0 Å². The van der Waals surface area contributed by atoms with Gasteiger partial charge in [-0.25, -0.2) is 4.98 Å². The molecule has 0 aliphatic carbocycles. The average molecular weight is 258 g/mol. The Labute approximate surface area is 114 Å². The van der Waals surface area contributed by atoms with E-state index in [0.717, 1.165) is 30.0 Å². The van der Waals surface area contributed by atoms with Crippen molar-refractivity contribution in [2.24, 2.45) is 0 Å². The van der Waals surface area contributed by atoms with E-state index in [1.54, 1.807) is 0 Å². The molecule has 1 aliphatic heterocycles. The number of hydrogen-bond donors (Lipinski definition) is 1. The highest BCUT2D eigenvalue weighted by Gasteiger charge is 2.21. The molecule has 19 heavy (non-hydrogen) atoms. The van der Waals surface area contributed by atoms with Gasteiger partial charge in [0.15, 0.2) is 5.58 Å². The van der Waals surface area contributed by atoms with E-state index in [1.807, 2.05) is 0 Å². The molecule has 1 aromatic carbocycles. The maximum atomic E-state index is 5.90. The van der Waals surface area contributed by atoms with Crippen LogP contribution in [-0.2, 0) is 5.41 Å². The van der Waals surface area contributed by atoms with Crippen molar-refractivity contribution in [1.29, 1.82) is 0 Å². The molecule has 1 saturated heterocycles. The molecule has 0 bridgehead atoms. The highest BCUT2D eigenvalue weighted by molar-refractivity contribution is 5.73. The summed E-state index contributed by atoms with van der Waals surface area (Å²) >= 11 is 0. The van der Waals surface area contributed by atoms with Gasteiger partial charge in [0.2, 0.25) is 5.89 Å².